The fourth-order valence-corrected chi connectivity index (χ4v) is 2.10. The van der Waals surface area contributed by atoms with Gasteiger partial charge in [0.2, 0.25) is 0 Å². The predicted molar refractivity (Wildman–Crippen MR) is 82.3 cm³/mol. The Labute approximate surface area is 141 Å². The van der Waals surface area contributed by atoms with Crippen LogP contribution in [0.4, 0.5) is 13.2 Å². The summed E-state index contributed by atoms with van der Waals surface area (Å²) in [6.45, 7) is 0. The molecule has 8 heteroatoms. The number of methoxy groups -OCH3 is 1. The number of hydrogen-bond acceptors (Lipinski definition) is 4. The summed E-state index contributed by atoms with van der Waals surface area (Å²) in [6, 6.07) is 8.43. The van der Waals surface area contributed by atoms with Gasteiger partial charge in [-0.2, -0.15) is 13.2 Å². The molecule has 0 aliphatic carbocycles. The van der Waals surface area contributed by atoms with E-state index in [2.05, 4.69) is 0 Å². The summed E-state index contributed by atoms with van der Waals surface area (Å²) in [7, 11) is 1.38. The standard InChI is InChI=1S/C17H14F3NO4/c1-24-12-5-6-13(16(21)23)14(9-12)25-15(22)8-10-3-2-4-11(7-10)17(18,19)20/h2-7,9H,8H2,1H3,(H2,21,23). The maximum Gasteiger partial charge on any atom is 0.416 e. The van der Waals surface area contributed by atoms with Crippen LogP contribution in [0, 0.1) is 0 Å². The molecule has 0 saturated carbocycles. The third-order valence-corrected chi connectivity index (χ3v) is 3.28. The largest absolute Gasteiger partial charge is 0.497 e. The minimum absolute atomic E-state index is 0.0433. The molecule has 5 nitrogen and oxygen atoms in total. The summed E-state index contributed by atoms with van der Waals surface area (Å²) >= 11 is 0. The molecule has 1 amide bonds. The van der Waals surface area contributed by atoms with Crippen molar-refractivity contribution in [2.45, 2.75) is 12.6 Å². The molecule has 2 N–H and O–H groups in total. The number of carbonyl (C=O) groups excluding carboxylic acids is 2. The van der Waals surface area contributed by atoms with Gasteiger partial charge in [0.1, 0.15) is 11.5 Å². The number of halogens is 3. The summed E-state index contributed by atoms with van der Waals surface area (Å²) in [5.74, 6) is -1.45. The fraction of sp³-hybridized carbons (Fsp3) is 0.176. The van der Waals surface area contributed by atoms with Crippen LogP contribution in [-0.4, -0.2) is 19.0 Å². The zero-order valence-electron chi connectivity index (χ0n) is 13.1. The van der Waals surface area contributed by atoms with Gasteiger partial charge in [0.05, 0.1) is 24.7 Å². The molecule has 0 fully saturated rings. The SMILES string of the molecule is COc1ccc(C(N)=O)c(OC(=O)Cc2cccc(C(F)(F)F)c2)c1. The Hall–Kier alpha value is -3.03. The van der Waals surface area contributed by atoms with Crippen LogP contribution in [0.1, 0.15) is 21.5 Å². The van der Waals surface area contributed by atoms with Crippen LogP contribution < -0.4 is 15.2 Å². The van der Waals surface area contributed by atoms with E-state index in [1.54, 1.807) is 0 Å². The van der Waals surface area contributed by atoms with Crippen molar-refractivity contribution in [1.82, 2.24) is 0 Å². The number of benzene rings is 2. The number of carbonyl (C=O) groups is 2. The van der Waals surface area contributed by atoms with E-state index in [4.69, 9.17) is 15.2 Å². The third-order valence-electron chi connectivity index (χ3n) is 3.28. The molecule has 132 valence electrons. The van der Waals surface area contributed by atoms with Crippen LogP contribution in [0.25, 0.3) is 0 Å². The molecule has 0 saturated heterocycles. The second kappa shape index (κ2) is 7.25. The van der Waals surface area contributed by atoms with E-state index >= 15 is 0 Å². The smallest absolute Gasteiger partial charge is 0.416 e. The summed E-state index contributed by atoms with van der Waals surface area (Å²) in [5.41, 5.74) is 4.43. The highest BCUT2D eigenvalue weighted by atomic mass is 19.4. The van der Waals surface area contributed by atoms with Crippen molar-refractivity contribution in [3.63, 3.8) is 0 Å². The molecule has 25 heavy (non-hydrogen) atoms. The van der Waals surface area contributed by atoms with E-state index < -0.39 is 30.0 Å². The molecular formula is C17H14F3NO4. The monoisotopic (exact) mass is 353 g/mol. The topological polar surface area (TPSA) is 78.6 Å². The van der Waals surface area contributed by atoms with Crippen molar-refractivity contribution in [1.29, 1.82) is 0 Å². The van der Waals surface area contributed by atoms with Gasteiger partial charge in [0.15, 0.2) is 0 Å². The number of amides is 1. The number of primary amides is 1. The van der Waals surface area contributed by atoms with Crippen molar-refractivity contribution in [3.8, 4) is 11.5 Å². The molecule has 2 rings (SSSR count). The lowest BCUT2D eigenvalue weighted by atomic mass is 10.1. The second-order valence-electron chi connectivity index (χ2n) is 5.08. The van der Waals surface area contributed by atoms with E-state index in [1.807, 2.05) is 0 Å². The Kier molecular flexibility index (Phi) is 5.31. The number of esters is 1. The van der Waals surface area contributed by atoms with Gasteiger partial charge in [0.25, 0.3) is 5.91 Å². The lowest BCUT2D eigenvalue weighted by Crippen LogP contribution is -2.17. The molecule has 0 bridgehead atoms. The number of hydrogen-bond donors (Lipinski definition) is 1. The molecule has 0 atom stereocenters. The van der Waals surface area contributed by atoms with E-state index in [-0.39, 0.29) is 16.9 Å². The third kappa shape index (κ3) is 4.72. The van der Waals surface area contributed by atoms with Crippen LogP contribution in [-0.2, 0) is 17.4 Å². The highest BCUT2D eigenvalue weighted by Gasteiger charge is 2.30. The summed E-state index contributed by atoms with van der Waals surface area (Å²) in [5, 5.41) is 0. The average molecular weight is 353 g/mol. The zero-order chi connectivity index (χ0) is 18.6. The van der Waals surface area contributed by atoms with E-state index in [9.17, 15) is 22.8 Å². The first-order chi connectivity index (χ1) is 11.7. The van der Waals surface area contributed by atoms with Crippen molar-refractivity contribution in [2.24, 2.45) is 5.73 Å². The first kappa shape index (κ1) is 18.3. The van der Waals surface area contributed by atoms with Gasteiger partial charge in [-0.3, -0.25) is 9.59 Å². The van der Waals surface area contributed by atoms with Crippen molar-refractivity contribution in [3.05, 3.63) is 59.2 Å². The minimum Gasteiger partial charge on any atom is -0.497 e. The number of rotatable bonds is 5. The summed E-state index contributed by atoms with van der Waals surface area (Å²) < 4.78 is 48.1. The molecular weight excluding hydrogens is 339 g/mol. The van der Waals surface area contributed by atoms with Crippen LogP contribution in [0.3, 0.4) is 0 Å². The quantitative estimate of drug-likeness (QED) is 0.662. The van der Waals surface area contributed by atoms with Crippen LogP contribution in [0.15, 0.2) is 42.5 Å². The van der Waals surface area contributed by atoms with Gasteiger partial charge in [-0.15, -0.1) is 0 Å². The highest BCUT2D eigenvalue weighted by molar-refractivity contribution is 5.96. The normalized spacial score (nSPS) is 11.0. The number of alkyl halides is 3. The maximum absolute atomic E-state index is 12.7. The molecule has 0 aliphatic rings. The van der Waals surface area contributed by atoms with Gasteiger partial charge < -0.3 is 15.2 Å². The van der Waals surface area contributed by atoms with E-state index in [0.717, 1.165) is 12.1 Å². The van der Waals surface area contributed by atoms with Gasteiger partial charge in [-0.1, -0.05) is 18.2 Å². The predicted octanol–water partition coefficient (Wildman–Crippen LogP) is 2.96. The first-order valence-corrected chi connectivity index (χ1v) is 7.05. The molecule has 0 spiro atoms. The molecule has 2 aromatic carbocycles. The second-order valence-corrected chi connectivity index (χ2v) is 5.08. The van der Waals surface area contributed by atoms with Crippen molar-refractivity contribution < 1.29 is 32.2 Å². The molecule has 0 radical (unpaired) electrons. The van der Waals surface area contributed by atoms with Gasteiger partial charge in [0, 0.05) is 6.07 Å². The molecule has 0 aliphatic heterocycles. The van der Waals surface area contributed by atoms with Gasteiger partial charge in [-0.05, 0) is 23.8 Å². The van der Waals surface area contributed by atoms with Crippen molar-refractivity contribution in [2.75, 3.05) is 7.11 Å². The Morgan fingerprint density at radius 3 is 2.44 bits per heavy atom. The molecule has 0 aromatic heterocycles. The minimum atomic E-state index is -4.51. The van der Waals surface area contributed by atoms with E-state index in [1.165, 1.54) is 37.4 Å². The lowest BCUT2D eigenvalue weighted by Gasteiger charge is -2.11. The van der Waals surface area contributed by atoms with Crippen LogP contribution >= 0.6 is 0 Å². The fourth-order valence-electron chi connectivity index (χ4n) is 2.10. The Balaban J connectivity index is 2.19. The maximum atomic E-state index is 12.7. The lowest BCUT2D eigenvalue weighted by molar-refractivity contribution is -0.138. The van der Waals surface area contributed by atoms with Crippen molar-refractivity contribution >= 4 is 11.9 Å². The van der Waals surface area contributed by atoms with Crippen LogP contribution in [0.5, 0.6) is 11.5 Å². The molecule has 2 aromatic rings. The Morgan fingerprint density at radius 2 is 1.84 bits per heavy atom. The van der Waals surface area contributed by atoms with E-state index in [0.29, 0.717) is 5.75 Å². The molecule has 0 heterocycles. The van der Waals surface area contributed by atoms with Gasteiger partial charge in [-0.25, -0.2) is 0 Å². The first-order valence-electron chi connectivity index (χ1n) is 7.05. The Morgan fingerprint density at radius 1 is 1.12 bits per heavy atom. The Bertz CT molecular complexity index is 803. The summed E-state index contributed by atoms with van der Waals surface area (Å²) in [6.07, 6.45) is -4.91. The van der Waals surface area contributed by atoms with Crippen LogP contribution in [0.2, 0.25) is 0 Å². The highest BCUT2D eigenvalue weighted by Crippen LogP contribution is 2.30. The summed E-state index contributed by atoms with van der Waals surface area (Å²) in [4.78, 5) is 23.4. The molecule has 0 unspecified atom stereocenters. The number of nitrogens with two attached hydrogens (primary N) is 1. The van der Waals surface area contributed by atoms with Gasteiger partial charge >= 0.3 is 12.1 Å². The zero-order valence-corrected chi connectivity index (χ0v) is 13.1. The number of ether oxygens (including phenoxy) is 2. The average Bonchev–Trinajstić information content (AvgIpc) is 2.53.